The molecule has 37 heavy (non-hydrogen) atoms. The molecule has 0 spiro atoms. The number of aromatic nitrogens is 2. The van der Waals surface area contributed by atoms with Gasteiger partial charge in [-0.25, -0.2) is 0 Å². The van der Waals surface area contributed by atoms with Crippen molar-refractivity contribution in [3.8, 4) is 17.2 Å². The lowest BCUT2D eigenvalue weighted by atomic mass is 9.98. The predicted octanol–water partition coefficient (Wildman–Crippen LogP) is 4.52. The number of amides is 1. The molecule has 8 heteroatoms. The van der Waals surface area contributed by atoms with E-state index in [1.54, 1.807) is 62.1 Å². The number of carbonyl (C=O) groups excluding carboxylic acids is 2. The van der Waals surface area contributed by atoms with Gasteiger partial charge >= 0.3 is 0 Å². The van der Waals surface area contributed by atoms with Crippen molar-refractivity contribution in [2.24, 2.45) is 0 Å². The summed E-state index contributed by atoms with van der Waals surface area (Å²) in [6.45, 7) is 4.08. The van der Waals surface area contributed by atoms with E-state index in [-0.39, 0.29) is 36.5 Å². The fourth-order valence-corrected chi connectivity index (χ4v) is 4.01. The molecule has 2 aromatic carbocycles. The SMILES string of the molecule is COc1cc2c(CNC(=O)Cc3cccnc3)cnc(C(=O)c3cccc(OC(C)C)c3)c2cc1OC. The van der Waals surface area contributed by atoms with Gasteiger partial charge in [-0.3, -0.25) is 19.6 Å². The summed E-state index contributed by atoms with van der Waals surface area (Å²) in [5.74, 6) is 1.19. The summed E-state index contributed by atoms with van der Waals surface area (Å²) in [7, 11) is 3.08. The summed E-state index contributed by atoms with van der Waals surface area (Å²) in [5, 5.41) is 4.25. The van der Waals surface area contributed by atoms with Gasteiger partial charge in [0.2, 0.25) is 11.7 Å². The Kier molecular flexibility index (Phi) is 7.98. The van der Waals surface area contributed by atoms with E-state index >= 15 is 0 Å². The van der Waals surface area contributed by atoms with Gasteiger partial charge in [0, 0.05) is 36.1 Å². The van der Waals surface area contributed by atoms with Crippen LogP contribution >= 0.6 is 0 Å². The Balaban J connectivity index is 1.69. The van der Waals surface area contributed by atoms with Crippen molar-refractivity contribution in [1.82, 2.24) is 15.3 Å². The van der Waals surface area contributed by atoms with Crippen LogP contribution in [0.3, 0.4) is 0 Å². The number of ether oxygens (including phenoxy) is 3. The largest absolute Gasteiger partial charge is 0.493 e. The quantitative estimate of drug-likeness (QED) is 0.320. The van der Waals surface area contributed by atoms with Crippen LogP contribution in [0.25, 0.3) is 10.8 Å². The fraction of sp³-hybridized carbons (Fsp3) is 0.241. The summed E-state index contributed by atoms with van der Waals surface area (Å²) in [5.41, 5.74) is 2.28. The van der Waals surface area contributed by atoms with Crippen molar-refractivity contribution in [2.45, 2.75) is 32.9 Å². The van der Waals surface area contributed by atoms with Crippen LogP contribution in [0.2, 0.25) is 0 Å². The second kappa shape index (κ2) is 11.5. The fourth-order valence-electron chi connectivity index (χ4n) is 4.01. The van der Waals surface area contributed by atoms with Gasteiger partial charge in [0.15, 0.2) is 11.5 Å². The van der Waals surface area contributed by atoms with Crippen molar-refractivity contribution in [1.29, 1.82) is 0 Å². The molecule has 4 aromatic rings. The summed E-state index contributed by atoms with van der Waals surface area (Å²) in [6.07, 6.45) is 5.13. The summed E-state index contributed by atoms with van der Waals surface area (Å²) in [6, 6.07) is 14.2. The van der Waals surface area contributed by atoms with Crippen molar-refractivity contribution in [2.75, 3.05) is 14.2 Å². The number of benzene rings is 2. The molecule has 0 unspecified atom stereocenters. The standard InChI is InChI=1S/C29H29N3O5/c1-18(2)37-22-9-5-8-20(12-22)29(34)28-24-14-26(36-4)25(35-3)13-23(24)21(17-32-28)16-31-27(33)11-19-7-6-10-30-15-19/h5-10,12-15,17-18H,11,16H2,1-4H3,(H,31,33). The van der Waals surface area contributed by atoms with E-state index in [1.165, 1.54) is 7.11 Å². The van der Waals surface area contributed by atoms with Crippen LogP contribution in [0, 0.1) is 0 Å². The summed E-state index contributed by atoms with van der Waals surface area (Å²) < 4.78 is 16.8. The van der Waals surface area contributed by atoms with E-state index in [0.717, 1.165) is 16.5 Å². The number of pyridine rings is 2. The molecule has 1 amide bonds. The zero-order valence-corrected chi connectivity index (χ0v) is 21.3. The number of nitrogens with one attached hydrogen (secondary N) is 1. The number of nitrogens with zero attached hydrogens (tertiary/aromatic N) is 2. The molecule has 4 rings (SSSR count). The first-order chi connectivity index (χ1) is 17.9. The molecule has 0 atom stereocenters. The van der Waals surface area contributed by atoms with E-state index in [2.05, 4.69) is 15.3 Å². The minimum atomic E-state index is -0.251. The van der Waals surface area contributed by atoms with Gasteiger partial charge < -0.3 is 19.5 Å². The highest BCUT2D eigenvalue weighted by molar-refractivity contribution is 6.15. The summed E-state index contributed by atoms with van der Waals surface area (Å²) >= 11 is 0. The molecule has 190 valence electrons. The van der Waals surface area contributed by atoms with Gasteiger partial charge in [-0.1, -0.05) is 18.2 Å². The molecule has 0 aliphatic rings. The third kappa shape index (κ3) is 6.03. The molecule has 2 aromatic heterocycles. The van der Waals surface area contributed by atoms with Crippen molar-refractivity contribution in [3.05, 3.63) is 89.5 Å². The Morgan fingerprint density at radius 1 is 0.946 bits per heavy atom. The van der Waals surface area contributed by atoms with Gasteiger partial charge in [0.1, 0.15) is 11.4 Å². The van der Waals surface area contributed by atoms with E-state index in [4.69, 9.17) is 14.2 Å². The maximum Gasteiger partial charge on any atom is 0.224 e. The Morgan fingerprint density at radius 2 is 1.70 bits per heavy atom. The molecule has 2 heterocycles. The van der Waals surface area contributed by atoms with Crippen molar-refractivity contribution >= 4 is 22.5 Å². The molecule has 0 aliphatic heterocycles. The highest BCUT2D eigenvalue weighted by Crippen LogP contribution is 2.35. The van der Waals surface area contributed by atoms with Crippen LogP contribution in [-0.2, 0) is 17.8 Å². The molecule has 0 saturated carbocycles. The van der Waals surface area contributed by atoms with Crippen LogP contribution in [-0.4, -0.2) is 42.0 Å². The summed E-state index contributed by atoms with van der Waals surface area (Å²) in [4.78, 5) is 34.7. The highest BCUT2D eigenvalue weighted by Gasteiger charge is 2.20. The molecule has 1 N–H and O–H groups in total. The Labute approximate surface area is 215 Å². The van der Waals surface area contributed by atoms with Gasteiger partial charge in [-0.05, 0) is 60.7 Å². The Hall–Kier alpha value is -4.46. The monoisotopic (exact) mass is 499 g/mol. The van der Waals surface area contributed by atoms with Crippen LogP contribution in [0.5, 0.6) is 17.2 Å². The molecule has 8 nitrogen and oxygen atoms in total. The lowest BCUT2D eigenvalue weighted by molar-refractivity contribution is -0.120. The topological polar surface area (TPSA) is 99.6 Å². The first kappa shape index (κ1) is 25.6. The van der Waals surface area contributed by atoms with Crippen LogP contribution in [0.4, 0.5) is 0 Å². The Morgan fingerprint density at radius 3 is 2.38 bits per heavy atom. The predicted molar refractivity (Wildman–Crippen MR) is 140 cm³/mol. The number of carbonyl (C=O) groups is 2. The number of fused-ring (bicyclic) bond motifs is 1. The number of rotatable bonds is 10. The van der Waals surface area contributed by atoms with Crippen molar-refractivity contribution < 1.29 is 23.8 Å². The molecule has 0 bridgehead atoms. The maximum absolute atomic E-state index is 13.6. The minimum Gasteiger partial charge on any atom is -0.493 e. The number of ketones is 1. The lowest BCUT2D eigenvalue weighted by Crippen LogP contribution is -2.25. The van der Waals surface area contributed by atoms with Gasteiger partial charge in [-0.2, -0.15) is 0 Å². The second-order valence-corrected chi connectivity index (χ2v) is 8.72. The number of hydrogen-bond acceptors (Lipinski definition) is 7. The Bertz CT molecular complexity index is 1420. The molecule has 0 fully saturated rings. The van der Waals surface area contributed by atoms with E-state index < -0.39 is 0 Å². The maximum atomic E-state index is 13.6. The zero-order valence-electron chi connectivity index (χ0n) is 21.3. The van der Waals surface area contributed by atoms with Crippen molar-refractivity contribution in [3.63, 3.8) is 0 Å². The highest BCUT2D eigenvalue weighted by atomic mass is 16.5. The lowest BCUT2D eigenvalue weighted by Gasteiger charge is -2.15. The molecular formula is C29H29N3O5. The zero-order chi connectivity index (χ0) is 26.4. The molecule has 0 radical (unpaired) electrons. The average molecular weight is 500 g/mol. The van der Waals surface area contributed by atoms with E-state index in [0.29, 0.717) is 28.2 Å². The third-order valence-electron chi connectivity index (χ3n) is 5.72. The second-order valence-electron chi connectivity index (χ2n) is 8.72. The van der Waals surface area contributed by atoms with E-state index in [9.17, 15) is 9.59 Å². The third-order valence-corrected chi connectivity index (χ3v) is 5.72. The number of hydrogen-bond donors (Lipinski definition) is 1. The number of methoxy groups -OCH3 is 2. The first-order valence-corrected chi connectivity index (χ1v) is 11.9. The van der Waals surface area contributed by atoms with Crippen LogP contribution in [0.1, 0.15) is 41.0 Å². The molecule has 0 aliphatic carbocycles. The van der Waals surface area contributed by atoms with Crippen LogP contribution in [0.15, 0.2) is 67.1 Å². The van der Waals surface area contributed by atoms with Gasteiger partial charge in [0.05, 0.1) is 26.7 Å². The van der Waals surface area contributed by atoms with Gasteiger partial charge in [0.25, 0.3) is 0 Å². The first-order valence-electron chi connectivity index (χ1n) is 11.9. The average Bonchev–Trinajstić information content (AvgIpc) is 2.90. The molecular weight excluding hydrogens is 470 g/mol. The smallest absolute Gasteiger partial charge is 0.224 e. The molecule has 0 saturated heterocycles. The van der Waals surface area contributed by atoms with E-state index in [1.807, 2.05) is 26.0 Å². The van der Waals surface area contributed by atoms with Gasteiger partial charge in [-0.15, -0.1) is 0 Å². The van der Waals surface area contributed by atoms with Crippen LogP contribution < -0.4 is 19.5 Å². The minimum absolute atomic E-state index is 0.0197. The normalized spacial score (nSPS) is 10.8.